The molecule has 1 heterocycles. The number of hydrogen-bond acceptors (Lipinski definition) is 3. The molecule has 100 valence electrons. The van der Waals surface area contributed by atoms with Crippen molar-refractivity contribution in [3.8, 4) is 5.69 Å². The monoisotopic (exact) mass is 322 g/mol. The zero-order chi connectivity index (χ0) is 13.8. The van der Waals surface area contributed by atoms with Gasteiger partial charge in [-0.3, -0.25) is 4.79 Å². The molecular formula is C13H15BrN4O. The maximum atomic E-state index is 11.0. The van der Waals surface area contributed by atoms with Gasteiger partial charge in [0.25, 0.3) is 5.91 Å². The Morgan fingerprint density at radius 3 is 2.84 bits per heavy atom. The third-order valence-corrected chi connectivity index (χ3v) is 3.45. The summed E-state index contributed by atoms with van der Waals surface area (Å²) >= 11 is 3.54. The molecule has 0 aliphatic rings. The lowest BCUT2D eigenvalue weighted by Crippen LogP contribution is -2.13. The van der Waals surface area contributed by atoms with Gasteiger partial charge < -0.3 is 11.1 Å². The van der Waals surface area contributed by atoms with Crippen molar-refractivity contribution in [2.45, 2.75) is 13.5 Å². The second-order valence-electron chi connectivity index (χ2n) is 4.07. The Bertz CT molecular complexity index is 594. The molecule has 0 aliphatic heterocycles. The Balaban J connectivity index is 2.25. The van der Waals surface area contributed by atoms with Crippen molar-refractivity contribution in [1.82, 2.24) is 15.1 Å². The summed E-state index contributed by atoms with van der Waals surface area (Å²) in [5.41, 5.74) is 7.49. The predicted octanol–water partition coefficient (Wildman–Crippen LogP) is 1.84. The van der Waals surface area contributed by atoms with Crippen LogP contribution in [-0.2, 0) is 6.54 Å². The number of nitrogens with two attached hydrogens (primary N) is 1. The van der Waals surface area contributed by atoms with Crippen molar-refractivity contribution in [2.75, 3.05) is 6.54 Å². The minimum atomic E-state index is -0.526. The number of nitrogens with one attached hydrogen (secondary N) is 1. The normalized spacial score (nSPS) is 10.6. The lowest BCUT2D eigenvalue weighted by atomic mass is 10.2. The van der Waals surface area contributed by atoms with E-state index in [2.05, 4.69) is 33.3 Å². The smallest absolute Gasteiger partial charge is 0.269 e. The highest BCUT2D eigenvalue weighted by Crippen LogP contribution is 2.20. The summed E-state index contributed by atoms with van der Waals surface area (Å²) < 4.78 is 2.63. The molecule has 0 unspecified atom stereocenters. The van der Waals surface area contributed by atoms with Gasteiger partial charge >= 0.3 is 0 Å². The molecule has 6 heteroatoms. The van der Waals surface area contributed by atoms with E-state index in [4.69, 9.17) is 5.73 Å². The van der Waals surface area contributed by atoms with E-state index in [-0.39, 0.29) is 5.69 Å². The van der Waals surface area contributed by atoms with Crippen LogP contribution >= 0.6 is 15.9 Å². The summed E-state index contributed by atoms with van der Waals surface area (Å²) in [5.74, 6) is -0.526. The lowest BCUT2D eigenvalue weighted by molar-refractivity contribution is 0.0995. The van der Waals surface area contributed by atoms with Crippen LogP contribution in [0.25, 0.3) is 5.69 Å². The number of carbonyl (C=O) groups excluding carboxylic acids is 1. The number of primary amides is 1. The van der Waals surface area contributed by atoms with Crippen molar-refractivity contribution in [3.63, 3.8) is 0 Å². The molecule has 5 nitrogen and oxygen atoms in total. The quantitative estimate of drug-likeness (QED) is 0.882. The first-order valence-electron chi connectivity index (χ1n) is 5.97. The Labute approximate surface area is 119 Å². The van der Waals surface area contributed by atoms with Gasteiger partial charge in [-0.05, 0) is 30.3 Å². The first-order valence-corrected chi connectivity index (χ1v) is 6.76. The molecule has 0 spiro atoms. The molecule has 3 N–H and O–H groups in total. The number of rotatable bonds is 5. The lowest BCUT2D eigenvalue weighted by Gasteiger charge is -2.08. The van der Waals surface area contributed by atoms with Gasteiger partial charge in [0.1, 0.15) is 5.69 Å². The van der Waals surface area contributed by atoms with Gasteiger partial charge in [-0.15, -0.1) is 0 Å². The van der Waals surface area contributed by atoms with Gasteiger partial charge in [0, 0.05) is 17.2 Å². The zero-order valence-electron chi connectivity index (χ0n) is 10.6. The van der Waals surface area contributed by atoms with Crippen LogP contribution in [0.5, 0.6) is 0 Å². The molecule has 0 saturated carbocycles. The molecule has 0 atom stereocenters. The van der Waals surface area contributed by atoms with Gasteiger partial charge in [-0.2, -0.15) is 5.10 Å². The van der Waals surface area contributed by atoms with Crippen molar-refractivity contribution in [3.05, 3.63) is 46.2 Å². The molecule has 19 heavy (non-hydrogen) atoms. The van der Waals surface area contributed by atoms with Gasteiger partial charge in [0.05, 0.1) is 5.69 Å². The number of halogens is 1. The number of aromatic nitrogens is 2. The number of carbonyl (C=O) groups is 1. The highest BCUT2D eigenvalue weighted by atomic mass is 79.9. The minimum Gasteiger partial charge on any atom is -0.364 e. The SMILES string of the molecule is CCNCc1ccc(-n2ccc(C(N)=O)n2)cc1Br. The summed E-state index contributed by atoms with van der Waals surface area (Å²) in [6.07, 6.45) is 1.71. The van der Waals surface area contributed by atoms with E-state index in [1.165, 1.54) is 5.56 Å². The standard InChI is InChI=1S/C13H15BrN4O/c1-2-16-8-9-3-4-10(7-11(9)14)18-6-5-12(17-18)13(15)19/h3-7,16H,2,8H2,1H3,(H2,15,19). The molecule has 0 radical (unpaired) electrons. The third-order valence-electron chi connectivity index (χ3n) is 2.71. The van der Waals surface area contributed by atoms with E-state index in [0.717, 1.165) is 23.2 Å². The van der Waals surface area contributed by atoms with Crippen molar-refractivity contribution < 1.29 is 4.79 Å². The maximum absolute atomic E-state index is 11.0. The van der Waals surface area contributed by atoms with Gasteiger partial charge in [0.15, 0.2) is 0 Å². The number of nitrogens with zero attached hydrogens (tertiary/aromatic N) is 2. The van der Waals surface area contributed by atoms with Crippen LogP contribution in [0.15, 0.2) is 34.9 Å². The first kappa shape index (κ1) is 13.8. The van der Waals surface area contributed by atoms with Crippen LogP contribution in [0, 0.1) is 0 Å². The Morgan fingerprint density at radius 1 is 1.47 bits per heavy atom. The third kappa shape index (κ3) is 3.21. The van der Waals surface area contributed by atoms with Crippen molar-refractivity contribution >= 4 is 21.8 Å². The molecule has 1 aromatic carbocycles. The molecule has 0 bridgehead atoms. The van der Waals surface area contributed by atoms with E-state index >= 15 is 0 Å². The summed E-state index contributed by atoms with van der Waals surface area (Å²) in [6, 6.07) is 7.54. The van der Waals surface area contributed by atoms with Crippen molar-refractivity contribution in [2.24, 2.45) is 5.73 Å². The van der Waals surface area contributed by atoms with E-state index in [1.54, 1.807) is 16.9 Å². The summed E-state index contributed by atoms with van der Waals surface area (Å²) in [6.45, 7) is 3.80. The second-order valence-corrected chi connectivity index (χ2v) is 4.92. The summed E-state index contributed by atoms with van der Waals surface area (Å²) in [7, 11) is 0. The maximum Gasteiger partial charge on any atom is 0.269 e. The minimum absolute atomic E-state index is 0.257. The largest absolute Gasteiger partial charge is 0.364 e. The van der Waals surface area contributed by atoms with E-state index in [9.17, 15) is 4.79 Å². The second kappa shape index (κ2) is 5.99. The van der Waals surface area contributed by atoms with Crippen LogP contribution in [0.3, 0.4) is 0 Å². The van der Waals surface area contributed by atoms with E-state index in [1.807, 2.05) is 18.2 Å². The van der Waals surface area contributed by atoms with E-state index < -0.39 is 5.91 Å². The fourth-order valence-electron chi connectivity index (χ4n) is 1.68. The van der Waals surface area contributed by atoms with Gasteiger partial charge in [-0.25, -0.2) is 4.68 Å². The summed E-state index contributed by atoms with van der Waals surface area (Å²) in [4.78, 5) is 11.0. The Hall–Kier alpha value is -1.66. The molecule has 0 aliphatic carbocycles. The number of hydrogen-bond donors (Lipinski definition) is 2. The molecule has 0 fully saturated rings. The zero-order valence-corrected chi connectivity index (χ0v) is 12.1. The topological polar surface area (TPSA) is 72.9 Å². The predicted molar refractivity (Wildman–Crippen MR) is 77.2 cm³/mol. The first-order chi connectivity index (χ1) is 9.11. The van der Waals surface area contributed by atoms with Crippen LogP contribution in [0.2, 0.25) is 0 Å². The molecular weight excluding hydrogens is 308 g/mol. The molecule has 1 amide bonds. The highest BCUT2D eigenvalue weighted by Gasteiger charge is 2.07. The van der Waals surface area contributed by atoms with Crippen LogP contribution in [0.4, 0.5) is 0 Å². The molecule has 2 aromatic rings. The van der Waals surface area contributed by atoms with Crippen LogP contribution in [-0.4, -0.2) is 22.2 Å². The Kier molecular flexibility index (Phi) is 4.34. The van der Waals surface area contributed by atoms with Crippen LogP contribution in [0.1, 0.15) is 23.0 Å². The number of amides is 1. The highest BCUT2D eigenvalue weighted by molar-refractivity contribution is 9.10. The molecule has 2 rings (SSSR count). The van der Waals surface area contributed by atoms with Crippen LogP contribution < -0.4 is 11.1 Å². The Morgan fingerprint density at radius 2 is 2.26 bits per heavy atom. The van der Waals surface area contributed by atoms with Gasteiger partial charge in [0.2, 0.25) is 0 Å². The average molecular weight is 323 g/mol. The molecule has 0 saturated heterocycles. The summed E-state index contributed by atoms with van der Waals surface area (Å²) in [5, 5.41) is 7.39. The fraction of sp³-hybridized carbons (Fsp3) is 0.231. The average Bonchev–Trinajstić information content (AvgIpc) is 2.87. The van der Waals surface area contributed by atoms with Crippen molar-refractivity contribution in [1.29, 1.82) is 0 Å². The fourth-order valence-corrected chi connectivity index (χ4v) is 2.19. The number of benzene rings is 1. The van der Waals surface area contributed by atoms with E-state index in [0.29, 0.717) is 0 Å². The molecule has 1 aromatic heterocycles. The van der Waals surface area contributed by atoms with Gasteiger partial charge in [-0.1, -0.05) is 28.9 Å².